The normalized spacial score (nSPS) is 12.0. The third-order valence-corrected chi connectivity index (χ3v) is 6.01. The SMILES string of the molecule is CCc1ccc(C(C)NCc2csc(N(C(C)=O)c3ccccc3CC)n2)cc1. The lowest BCUT2D eigenvalue weighted by Crippen LogP contribution is -2.24. The van der Waals surface area contributed by atoms with E-state index in [-0.39, 0.29) is 11.9 Å². The van der Waals surface area contributed by atoms with Crippen LogP contribution in [0.15, 0.2) is 53.9 Å². The number of nitrogens with one attached hydrogen (secondary N) is 1. The zero-order valence-corrected chi connectivity index (χ0v) is 18.4. The van der Waals surface area contributed by atoms with Crippen molar-refractivity contribution in [3.63, 3.8) is 0 Å². The van der Waals surface area contributed by atoms with E-state index in [4.69, 9.17) is 4.98 Å². The van der Waals surface area contributed by atoms with Gasteiger partial charge in [-0.2, -0.15) is 0 Å². The zero-order valence-electron chi connectivity index (χ0n) is 17.6. The molecule has 0 saturated carbocycles. The maximum Gasteiger partial charge on any atom is 0.230 e. The van der Waals surface area contributed by atoms with Crippen molar-refractivity contribution in [2.75, 3.05) is 4.90 Å². The topological polar surface area (TPSA) is 45.2 Å². The fraction of sp³-hybridized carbons (Fsp3) is 0.333. The van der Waals surface area contributed by atoms with E-state index in [1.165, 1.54) is 22.5 Å². The molecule has 2 aromatic carbocycles. The first-order valence-electron chi connectivity index (χ1n) is 10.2. The molecule has 1 N–H and O–H groups in total. The van der Waals surface area contributed by atoms with Crippen LogP contribution in [0, 0.1) is 0 Å². The molecule has 5 heteroatoms. The molecule has 0 aliphatic rings. The molecule has 0 aliphatic carbocycles. The van der Waals surface area contributed by atoms with E-state index >= 15 is 0 Å². The van der Waals surface area contributed by atoms with E-state index < -0.39 is 0 Å². The fourth-order valence-corrected chi connectivity index (χ4v) is 4.21. The van der Waals surface area contributed by atoms with Crippen molar-refractivity contribution >= 4 is 28.1 Å². The summed E-state index contributed by atoms with van der Waals surface area (Å²) in [5.41, 5.74) is 5.62. The first kappa shape index (κ1) is 21.2. The summed E-state index contributed by atoms with van der Waals surface area (Å²) >= 11 is 1.51. The summed E-state index contributed by atoms with van der Waals surface area (Å²) in [6.45, 7) is 8.68. The van der Waals surface area contributed by atoms with Gasteiger partial charge in [-0.15, -0.1) is 11.3 Å². The number of amides is 1. The Balaban J connectivity index is 1.72. The van der Waals surface area contributed by atoms with Gasteiger partial charge in [-0.05, 0) is 42.5 Å². The summed E-state index contributed by atoms with van der Waals surface area (Å²) in [7, 11) is 0. The predicted octanol–water partition coefficient (Wildman–Crippen LogP) is 5.80. The molecule has 1 atom stereocenters. The number of thiazole rings is 1. The smallest absolute Gasteiger partial charge is 0.230 e. The summed E-state index contributed by atoms with van der Waals surface area (Å²) in [6.07, 6.45) is 1.92. The van der Waals surface area contributed by atoms with Gasteiger partial charge < -0.3 is 5.32 Å². The third kappa shape index (κ3) is 5.11. The molecule has 1 unspecified atom stereocenters. The Kier molecular flexibility index (Phi) is 7.18. The van der Waals surface area contributed by atoms with Crippen molar-refractivity contribution in [1.82, 2.24) is 10.3 Å². The quantitative estimate of drug-likeness (QED) is 0.513. The highest BCUT2D eigenvalue weighted by Crippen LogP contribution is 2.31. The second-order valence-corrected chi connectivity index (χ2v) is 7.99. The Morgan fingerprint density at radius 2 is 1.83 bits per heavy atom. The van der Waals surface area contributed by atoms with E-state index in [1.807, 2.05) is 23.6 Å². The van der Waals surface area contributed by atoms with Gasteiger partial charge in [0.2, 0.25) is 5.91 Å². The van der Waals surface area contributed by atoms with Crippen LogP contribution < -0.4 is 10.2 Å². The molecule has 3 aromatic rings. The van der Waals surface area contributed by atoms with Gasteiger partial charge in [-0.3, -0.25) is 9.69 Å². The number of anilines is 2. The Labute approximate surface area is 177 Å². The summed E-state index contributed by atoms with van der Waals surface area (Å²) in [4.78, 5) is 18.9. The predicted molar refractivity (Wildman–Crippen MR) is 122 cm³/mol. The standard InChI is InChI=1S/C24H29N3OS/c1-5-19-11-13-21(14-12-19)17(3)25-15-22-16-29-24(26-22)27(18(4)28)23-10-8-7-9-20(23)6-2/h7-14,16-17,25H,5-6,15H2,1-4H3. The van der Waals surface area contributed by atoms with Crippen molar-refractivity contribution in [2.24, 2.45) is 0 Å². The Morgan fingerprint density at radius 1 is 1.10 bits per heavy atom. The number of rotatable bonds is 8. The highest BCUT2D eigenvalue weighted by molar-refractivity contribution is 7.14. The number of benzene rings is 2. The number of hydrogen-bond donors (Lipinski definition) is 1. The van der Waals surface area contributed by atoms with Crippen LogP contribution in [-0.4, -0.2) is 10.9 Å². The van der Waals surface area contributed by atoms with E-state index in [1.54, 1.807) is 11.8 Å². The molecular weight excluding hydrogens is 378 g/mol. The third-order valence-electron chi connectivity index (χ3n) is 5.14. The van der Waals surface area contributed by atoms with Crippen molar-refractivity contribution in [2.45, 2.75) is 53.1 Å². The van der Waals surface area contributed by atoms with Crippen LogP contribution in [0.25, 0.3) is 0 Å². The highest BCUT2D eigenvalue weighted by Gasteiger charge is 2.20. The Morgan fingerprint density at radius 3 is 2.48 bits per heavy atom. The largest absolute Gasteiger partial charge is 0.305 e. The summed E-state index contributed by atoms with van der Waals surface area (Å²) in [5.74, 6) is -0.0239. The van der Waals surface area contributed by atoms with Gasteiger partial charge in [0, 0.05) is 24.9 Å². The van der Waals surface area contributed by atoms with Gasteiger partial charge in [-0.25, -0.2) is 4.98 Å². The number of aromatic nitrogens is 1. The molecule has 0 bridgehead atoms. The number of para-hydroxylation sites is 1. The van der Waals surface area contributed by atoms with E-state index in [0.717, 1.165) is 34.9 Å². The average molecular weight is 408 g/mol. The molecule has 152 valence electrons. The zero-order chi connectivity index (χ0) is 20.8. The van der Waals surface area contributed by atoms with Gasteiger partial charge >= 0.3 is 0 Å². The Bertz CT molecular complexity index is 949. The molecular formula is C24H29N3OS. The molecule has 3 rings (SSSR count). The van der Waals surface area contributed by atoms with Crippen LogP contribution in [-0.2, 0) is 24.2 Å². The first-order valence-corrected chi connectivity index (χ1v) is 11.1. The average Bonchev–Trinajstić information content (AvgIpc) is 3.20. The lowest BCUT2D eigenvalue weighted by Gasteiger charge is -2.21. The maximum atomic E-state index is 12.4. The van der Waals surface area contributed by atoms with Crippen LogP contribution in [0.2, 0.25) is 0 Å². The molecule has 1 amide bonds. The fourth-order valence-electron chi connectivity index (χ4n) is 3.33. The van der Waals surface area contributed by atoms with Gasteiger partial charge in [-0.1, -0.05) is 56.3 Å². The number of aryl methyl sites for hydroxylation is 2. The van der Waals surface area contributed by atoms with Gasteiger partial charge in [0.05, 0.1) is 11.4 Å². The van der Waals surface area contributed by atoms with E-state index in [2.05, 4.69) is 56.4 Å². The summed E-state index contributed by atoms with van der Waals surface area (Å²) < 4.78 is 0. The number of nitrogens with zero attached hydrogens (tertiary/aromatic N) is 2. The monoisotopic (exact) mass is 407 g/mol. The van der Waals surface area contributed by atoms with Crippen molar-refractivity contribution in [1.29, 1.82) is 0 Å². The number of carbonyl (C=O) groups excluding carboxylic acids is 1. The minimum absolute atomic E-state index is 0.0239. The van der Waals surface area contributed by atoms with Crippen LogP contribution in [0.5, 0.6) is 0 Å². The van der Waals surface area contributed by atoms with Crippen molar-refractivity contribution in [3.8, 4) is 0 Å². The Hall–Kier alpha value is -2.50. The van der Waals surface area contributed by atoms with Crippen LogP contribution in [0.1, 0.15) is 56.1 Å². The molecule has 1 heterocycles. The van der Waals surface area contributed by atoms with E-state index in [9.17, 15) is 4.79 Å². The van der Waals surface area contributed by atoms with Gasteiger partial charge in [0.1, 0.15) is 0 Å². The van der Waals surface area contributed by atoms with Gasteiger partial charge in [0.15, 0.2) is 5.13 Å². The summed E-state index contributed by atoms with van der Waals surface area (Å²) in [5, 5.41) is 6.28. The lowest BCUT2D eigenvalue weighted by molar-refractivity contribution is -0.115. The minimum atomic E-state index is -0.0239. The highest BCUT2D eigenvalue weighted by atomic mass is 32.1. The second kappa shape index (κ2) is 9.81. The first-order chi connectivity index (χ1) is 14.0. The number of hydrogen-bond acceptors (Lipinski definition) is 4. The van der Waals surface area contributed by atoms with Gasteiger partial charge in [0.25, 0.3) is 0 Å². The molecule has 0 aliphatic heterocycles. The number of carbonyl (C=O) groups is 1. The van der Waals surface area contributed by atoms with Crippen LogP contribution in [0.3, 0.4) is 0 Å². The molecule has 4 nitrogen and oxygen atoms in total. The van der Waals surface area contributed by atoms with Crippen LogP contribution >= 0.6 is 11.3 Å². The van der Waals surface area contributed by atoms with Crippen LogP contribution in [0.4, 0.5) is 10.8 Å². The lowest BCUT2D eigenvalue weighted by atomic mass is 10.1. The minimum Gasteiger partial charge on any atom is -0.305 e. The van der Waals surface area contributed by atoms with Crippen molar-refractivity contribution in [3.05, 3.63) is 76.3 Å². The maximum absolute atomic E-state index is 12.4. The van der Waals surface area contributed by atoms with E-state index in [0.29, 0.717) is 6.54 Å². The van der Waals surface area contributed by atoms with Crippen molar-refractivity contribution < 1.29 is 4.79 Å². The molecule has 0 fully saturated rings. The molecule has 29 heavy (non-hydrogen) atoms. The molecule has 0 saturated heterocycles. The second-order valence-electron chi connectivity index (χ2n) is 7.16. The molecule has 0 radical (unpaired) electrons. The molecule has 0 spiro atoms. The summed E-state index contributed by atoms with van der Waals surface area (Å²) in [6, 6.07) is 17.0. The molecule has 1 aromatic heterocycles.